The number of rotatable bonds is 4. The standard InChI is InChI=1S/C11H13F4NO/c1-2-16-6-10(17)7-3-8(11(13,14)15)5-9(12)4-7/h3-5,10,16-17H,2,6H2,1H3. The molecule has 0 aliphatic rings. The van der Waals surface area contributed by atoms with Gasteiger partial charge in [0.25, 0.3) is 0 Å². The number of halogens is 4. The summed E-state index contributed by atoms with van der Waals surface area (Å²) in [6, 6.07) is 2.06. The number of hydrogen-bond donors (Lipinski definition) is 2. The molecule has 1 atom stereocenters. The second-order valence-corrected chi connectivity index (χ2v) is 3.59. The third-order valence-electron chi connectivity index (χ3n) is 2.22. The summed E-state index contributed by atoms with van der Waals surface area (Å²) in [4.78, 5) is 0. The molecule has 1 unspecified atom stereocenters. The zero-order valence-corrected chi connectivity index (χ0v) is 9.18. The molecular weight excluding hydrogens is 238 g/mol. The maximum Gasteiger partial charge on any atom is 0.416 e. The lowest BCUT2D eigenvalue weighted by Crippen LogP contribution is -2.21. The van der Waals surface area contributed by atoms with Crippen LogP contribution in [0.5, 0.6) is 0 Å². The van der Waals surface area contributed by atoms with E-state index in [0.717, 1.165) is 12.1 Å². The Labute approximate surface area is 96.3 Å². The molecule has 0 radical (unpaired) electrons. The molecule has 17 heavy (non-hydrogen) atoms. The van der Waals surface area contributed by atoms with Crippen molar-refractivity contribution in [2.24, 2.45) is 0 Å². The second-order valence-electron chi connectivity index (χ2n) is 3.59. The highest BCUT2D eigenvalue weighted by Gasteiger charge is 2.31. The lowest BCUT2D eigenvalue weighted by Gasteiger charge is -2.14. The summed E-state index contributed by atoms with van der Waals surface area (Å²) in [7, 11) is 0. The summed E-state index contributed by atoms with van der Waals surface area (Å²) in [5.74, 6) is -1.01. The van der Waals surface area contributed by atoms with Crippen LogP contribution < -0.4 is 5.32 Å². The Morgan fingerprint density at radius 1 is 1.29 bits per heavy atom. The molecular formula is C11H13F4NO. The first-order valence-electron chi connectivity index (χ1n) is 5.11. The van der Waals surface area contributed by atoms with Gasteiger partial charge in [-0.25, -0.2) is 4.39 Å². The average Bonchev–Trinajstić information content (AvgIpc) is 2.23. The highest BCUT2D eigenvalue weighted by Crippen LogP contribution is 2.31. The lowest BCUT2D eigenvalue weighted by molar-refractivity contribution is -0.137. The minimum absolute atomic E-state index is 0.0806. The minimum Gasteiger partial charge on any atom is -0.387 e. The number of hydrogen-bond acceptors (Lipinski definition) is 2. The molecule has 0 fully saturated rings. The molecule has 96 valence electrons. The fraction of sp³-hybridized carbons (Fsp3) is 0.455. The summed E-state index contributed by atoms with van der Waals surface area (Å²) < 4.78 is 50.2. The molecule has 0 bridgehead atoms. The summed E-state index contributed by atoms with van der Waals surface area (Å²) >= 11 is 0. The van der Waals surface area contributed by atoms with Crippen LogP contribution in [-0.2, 0) is 6.18 Å². The van der Waals surface area contributed by atoms with Crippen LogP contribution in [0.2, 0.25) is 0 Å². The second kappa shape index (κ2) is 5.46. The van der Waals surface area contributed by atoms with Crippen LogP contribution in [0.4, 0.5) is 17.6 Å². The van der Waals surface area contributed by atoms with Crippen molar-refractivity contribution in [3.8, 4) is 0 Å². The fourth-order valence-electron chi connectivity index (χ4n) is 1.37. The first kappa shape index (κ1) is 13.9. The molecule has 1 aromatic carbocycles. The molecule has 0 amide bonds. The highest BCUT2D eigenvalue weighted by molar-refractivity contribution is 5.28. The third kappa shape index (κ3) is 3.98. The smallest absolute Gasteiger partial charge is 0.387 e. The van der Waals surface area contributed by atoms with E-state index >= 15 is 0 Å². The summed E-state index contributed by atoms with van der Waals surface area (Å²) in [6.07, 6.45) is -5.78. The van der Waals surface area contributed by atoms with Crippen LogP contribution in [0.1, 0.15) is 24.2 Å². The van der Waals surface area contributed by atoms with Crippen molar-refractivity contribution in [1.82, 2.24) is 5.32 Å². The van der Waals surface area contributed by atoms with Gasteiger partial charge in [0.1, 0.15) is 5.82 Å². The van der Waals surface area contributed by atoms with Crippen LogP contribution in [0, 0.1) is 5.82 Å². The molecule has 2 nitrogen and oxygen atoms in total. The Balaban J connectivity index is 2.97. The normalized spacial score (nSPS) is 13.8. The monoisotopic (exact) mass is 251 g/mol. The van der Waals surface area contributed by atoms with Crippen molar-refractivity contribution < 1.29 is 22.7 Å². The maximum absolute atomic E-state index is 13.0. The molecule has 0 aliphatic heterocycles. The van der Waals surface area contributed by atoms with Crippen molar-refractivity contribution in [2.45, 2.75) is 19.2 Å². The molecule has 0 saturated heterocycles. The largest absolute Gasteiger partial charge is 0.416 e. The van der Waals surface area contributed by atoms with Crippen LogP contribution in [0.15, 0.2) is 18.2 Å². The van der Waals surface area contributed by atoms with E-state index in [0.29, 0.717) is 12.6 Å². The molecule has 0 aromatic heterocycles. The van der Waals surface area contributed by atoms with Crippen LogP contribution in [0.3, 0.4) is 0 Å². The summed E-state index contributed by atoms with van der Waals surface area (Å²) in [5.41, 5.74) is -1.18. The van der Waals surface area contributed by atoms with Crippen molar-refractivity contribution >= 4 is 0 Å². The number of benzene rings is 1. The molecule has 1 aromatic rings. The van der Waals surface area contributed by atoms with Gasteiger partial charge in [0.05, 0.1) is 11.7 Å². The molecule has 0 saturated carbocycles. The van der Waals surface area contributed by atoms with E-state index in [-0.39, 0.29) is 12.1 Å². The van der Waals surface area contributed by atoms with Crippen molar-refractivity contribution in [2.75, 3.05) is 13.1 Å². The van der Waals surface area contributed by atoms with Gasteiger partial charge in [-0.15, -0.1) is 0 Å². The van der Waals surface area contributed by atoms with Gasteiger partial charge in [0.15, 0.2) is 0 Å². The van der Waals surface area contributed by atoms with Crippen molar-refractivity contribution in [1.29, 1.82) is 0 Å². The number of alkyl halides is 3. The Bertz CT molecular complexity index is 378. The third-order valence-corrected chi connectivity index (χ3v) is 2.22. The fourth-order valence-corrected chi connectivity index (χ4v) is 1.37. The lowest BCUT2D eigenvalue weighted by atomic mass is 10.1. The van der Waals surface area contributed by atoms with Gasteiger partial charge in [-0.2, -0.15) is 13.2 Å². The molecule has 2 N–H and O–H groups in total. The Morgan fingerprint density at radius 2 is 1.94 bits per heavy atom. The zero-order chi connectivity index (χ0) is 13.1. The zero-order valence-electron chi connectivity index (χ0n) is 9.18. The SMILES string of the molecule is CCNCC(O)c1cc(F)cc(C(F)(F)F)c1. The number of nitrogens with one attached hydrogen (secondary N) is 1. The molecule has 6 heteroatoms. The molecule has 0 spiro atoms. The molecule has 0 heterocycles. The number of likely N-dealkylation sites (N-methyl/N-ethyl adjacent to an activating group) is 1. The van der Waals surface area contributed by atoms with Crippen LogP contribution in [-0.4, -0.2) is 18.2 Å². The van der Waals surface area contributed by atoms with Crippen LogP contribution in [0.25, 0.3) is 0 Å². The van der Waals surface area contributed by atoms with E-state index < -0.39 is 23.7 Å². The summed E-state index contributed by atoms with van der Waals surface area (Å²) in [6.45, 7) is 2.44. The van der Waals surface area contributed by atoms with Gasteiger partial charge in [0.2, 0.25) is 0 Å². The molecule has 0 aliphatic carbocycles. The number of aliphatic hydroxyl groups is 1. The number of aliphatic hydroxyl groups excluding tert-OH is 1. The predicted molar refractivity (Wildman–Crippen MR) is 54.9 cm³/mol. The van der Waals surface area contributed by atoms with Gasteiger partial charge < -0.3 is 10.4 Å². The van der Waals surface area contributed by atoms with E-state index in [2.05, 4.69) is 5.32 Å². The van der Waals surface area contributed by atoms with Crippen molar-refractivity contribution in [3.63, 3.8) is 0 Å². The maximum atomic E-state index is 13.0. The first-order valence-corrected chi connectivity index (χ1v) is 5.11. The van der Waals surface area contributed by atoms with Gasteiger partial charge >= 0.3 is 6.18 Å². The van der Waals surface area contributed by atoms with E-state index in [9.17, 15) is 22.7 Å². The molecule has 1 rings (SSSR count). The van der Waals surface area contributed by atoms with Gasteiger partial charge in [-0.05, 0) is 30.3 Å². The Hall–Kier alpha value is -1.14. The van der Waals surface area contributed by atoms with E-state index in [4.69, 9.17) is 0 Å². The first-order chi connectivity index (χ1) is 7.84. The van der Waals surface area contributed by atoms with Gasteiger partial charge in [0, 0.05) is 6.54 Å². The van der Waals surface area contributed by atoms with E-state index in [1.54, 1.807) is 6.92 Å². The predicted octanol–water partition coefficient (Wildman–Crippen LogP) is 2.49. The summed E-state index contributed by atoms with van der Waals surface area (Å²) in [5, 5.41) is 12.3. The van der Waals surface area contributed by atoms with E-state index in [1.165, 1.54) is 0 Å². The topological polar surface area (TPSA) is 32.3 Å². The Kier molecular flexibility index (Phi) is 4.47. The quantitative estimate of drug-likeness (QED) is 0.806. The van der Waals surface area contributed by atoms with Crippen LogP contribution >= 0.6 is 0 Å². The Morgan fingerprint density at radius 3 is 2.47 bits per heavy atom. The minimum atomic E-state index is -4.62. The highest BCUT2D eigenvalue weighted by atomic mass is 19.4. The van der Waals surface area contributed by atoms with Gasteiger partial charge in [-0.1, -0.05) is 6.92 Å². The van der Waals surface area contributed by atoms with Crippen molar-refractivity contribution in [3.05, 3.63) is 35.1 Å². The van der Waals surface area contributed by atoms with E-state index in [1.807, 2.05) is 0 Å². The average molecular weight is 251 g/mol. The van der Waals surface area contributed by atoms with Gasteiger partial charge in [-0.3, -0.25) is 0 Å².